The van der Waals surface area contributed by atoms with Crippen LogP contribution < -0.4 is 0 Å². The Morgan fingerprint density at radius 1 is 1.33 bits per heavy atom. The van der Waals surface area contributed by atoms with Crippen LogP contribution in [0.15, 0.2) is 18.2 Å². The van der Waals surface area contributed by atoms with Gasteiger partial charge in [-0.25, -0.2) is 0 Å². The Morgan fingerprint density at radius 3 is 2.40 bits per heavy atom. The molecule has 0 aliphatic heterocycles. The first-order valence-electron chi connectivity index (χ1n) is 4.92. The van der Waals surface area contributed by atoms with Crippen molar-refractivity contribution in [1.29, 1.82) is 5.26 Å². The molecule has 0 aromatic heterocycles. The molecule has 0 N–H and O–H groups in total. The Bertz CT molecular complexity index is 433. The van der Waals surface area contributed by atoms with E-state index in [9.17, 15) is 4.79 Å². The minimum absolute atomic E-state index is 0.00180. The molecule has 0 saturated carbocycles. The second-order valence-corrected chi connectivity index (χ2v) is 4.72. The number of ketones is 1. The monoisotopic (exact) mass is 201 g/mol. The van der Waals surface area contributed by atoms with E-state index in [1.54, 1.807) is 6.07 Å². The van der Waals surface area contributed by atoms with Crippen LogP contribution in [0.3, 0.4) is 0 Å². The van der Waals surface area contributed by atoms with Gasteiger partial charge in [0.25, 0.3) is 5.78 Å². The molecule has 0 fully saturated rings. The molecule has 0 amide bonds. The molecule has 1 rings (SSSR count). The van der Waals surface area contributed by atoms with Crippen molar-refractivity contribution in [3.63, 3.8) is 0 Å². The van der Waals surface area contributed by atoms with Crippen molar-refractivity contribution in [2.45, 2.75) is 33.1 Å². The second kappa shape index (κ2) is 3.86. The number of hydrogen-bond acceptors (Lipinski definition) is 2. The molecule has 0 aliphatic rings. The van der Waals surface area contributed by atoms with Crippen molar-refractivity contribution in [3.05, 3.63) is 34.9 Å². The third-order valence-corrected chi connectivity index (χ3v) is 2.45. The van der Waals surface area contributed by atoms with E-state index in [1.165, 1.54) is 0 Å². The summed E-state index contributed by atoms with van der Waals surface area (Å²) < 4.78 is 0. The molecule has 0 bridgehead atoms. The van der Waals surface area contributed by atoms with Gasteiger partial charge in [-0.05, 0) is 29.5 Å². The van der Waals surface area contributed by atoms with Gasteiger partial charge in [-0.15, -0.1) is 0 Å². The van der Waals surface area contributed by atoms with Crippen LogP contribution in [0.25, 0.3) is 0 Å². The summed E-state index contributed by atoms with van der Waals surface area (Å²) in [4.78, 5) is 11.4. The first kappa shape index (κ1) is 11.5. The summed E-state index contributed by atoms with van der Waals surface area (Å²) in [6.45, 7) is 8.09. The zero-order chi connectivity index (χ0) is 11.6. The third-order valence-electron chi connectivity index (χ3n) is 2.45. The molecule has 0 saturated heterocycles. The molecule has 0 aliphatic carbocycles. The van der Waals surface area contributed by atoms with Gasteiger partial charge in [0.2, 0.25) is 0 Å². The lowest BCUT2D eigenvalue weighted by Gasteiger charge is -2.19. The minimum atomic E-state index is -0.460. The second-order valence-electron chi connectivity index (χ2n) is 4.72. The summed E-state index contributed by atoms with van der Waals surface area (Å²) in [5.41, 5.74) is 2.45. The highest BCUT2D eigenvalue weighted by Crippen LogP contribution is 2.24. The highest BCUT2D eigenvalue weighted by molar-refractivity contribution is 6.08. The average Bonchev–Trinajstić information content (AvgIpc) is 2.15. The number of carbonyl (C=O) groups is 1. The first-order valence-corrected chi connectivity index (χ1v) is 4.92. The normalized spacial score (nSPS) is 10.9. The Balaban J connectivity index is 3.31. The molecule has 1 aromatic rings. The number of nitriles is 1. The van der Waals surface area contributed by atoms with Gasteiger partial charge in [-0.2, -0.15) is 5.26 Å². The number of hydrogen-bond donors (Lipinski definition) is 0. The predicted molar refractivity (Wildman–Crippen MR) is 59.8 cm³/mol. The van der Waals surface area contributed by atoms with E-state index in [1.807, 2.05) is 25.1 Å². The summed E-state index contributed by atoms with van der Waals surface area (Å²) >= 11 is 0. The largest absolute Gasteiger partial charge is 0.277 e. The maximum atomic E-state index is 11.4. The number of carbonyl (C=O) groups excluding carboxylic acids is 1. The van der Waals surface area contributed by atoms with Gasteiger partial charge in [0.1, 0.15) is 6.07 Å². The average molecular weight is 201 g/mol. The maximum absolute atomic E-state index is 11.4. The standard InChI is InChI=1S/C13H15NO/c1-9-5-6-10(13(2,3)4)7-11(9)12(15)8-14/h5-7H,1-4H3. The van der Waals surface area contributed by atoms with Crippen molar-refractivity contribution in [3.8, 4) is 6.07 Å². The van der Waals surface area contributed by atoms with Crippen molar-refractivity contribution in [2.75, 3.05) is 0 Å². The fraction of sp³-hybridized carbons (Fsp3) is 0.385. The number of benzene rings is 1. The lowest BCUT2D eigenvalue weighted by Crippen LogP contribution is -2.12. The Kier molecular flexibility index (Phi) is 2.95. The van der Waals surface area contributed by atoms with E-state index in [-0.39, 0.29) is 5.41 Å². The predicted octanol–water partition coefficient (Wildman–Crippen LogP) is 3.00. The molecule has 0 heterocycles. The Morgan fingerprint density at radius 2 is 1.93 bits per heavy atom. The van der Waals surface area contributed by atoms with Gasteiger partial charge in [-0.3, -0.25) is 4.79 Å². The van der Waals surface area contributed by atoms with E-state index >= 15 is 0 Å². The summed E-state index contributed by atoms with van der Waals surface area (Å²) in [5.74, 6) is -0.460. The quantitative estimate of drug-likeness (QED) is 0.517. The maximum Gasteiger partial charge on any atom is 0.262 e. The van der Waals surface area contributed by atoms with Crippen molar-refractivity contribution in [2.24, 2.45) is 0 Å². The third kappa shape index (κ3) is 2.44. The van der Waals surface area contributed by atoms with Gasteiger partial charge in [0.15, 0.2) is 0 Å². The molecule has 78 valence electrons. The van der Waals surface area contributed by atoms with Gasteiger partial charge < -0.3 is 0 Å². The van der Waals surface area contributed by atoms with Crippen LogP contribution in [-0.2, 0) is 5.41 Å². The molecule has 2 nitrogen and oxygen atoms in total. The fourth-order valence-corrected chi connectivity index (χ4v) is 1.39. The smallest absolute Gasteiger partial charge is 0.262 e. The molecule has 0 unspecified atom stereocenters. The molecular weight excluding hydrogens is 186 g/mol. The zero-order valence-electron chi connectivity index (χ0n) is 9.59. The molecule has 15 heavy (non-hydrogen) atoms. The first-order chi connectivity index (χ1) is 6.86. The Hall–Kier alpha value is -1.62. The lowest BCUT2D eigenvalue weighted by molar-refractivity contribution is 0.105. The van der Waals surface area contributed by atoms with Crippen LogP contribution in [-0.4, -0.2) is 5.78 Å². The van der Waals surface area contributed by atoms with Gasteiger partial charge in [0.05, 0.1) is 0 Å². The van der Waals surface area contributed by atoms with Gasteiger partial charge in [-0.1, -0.05) is 32.9 Å². The molecule has 1 aromatic carbocycles. The molecule has 0 spiro atoms. The highest BCUT2D eigenvalue weighted by atomic mass is 16.1. The van der Waals surface area contributed by atoms with Crippen molar-refractivity contribution >= 4 is 5.78 Å². The number of Topliss-reactive ketones (excluding diaryl/α,β-unsaturated/α-hetero) is 1. The molecular formula is C13H15NO. The van der Waals surface area contributed by atoms with Crippen LogP contribution in [0.2, 0.25) is 0 Å². The van der Waals surface area contributed by atoms with Crippen molar-refractivity contribution in [1.82, 2.24) is 0 Å². The molecule has 0 radical (unpaired) electrons. The molecule has 2 heteroatoms. The molecule has 0 atom stereocenters. The Labute approximate surface area is 90.5 Å². The van der Waals surface area contributed by atoms with Crippen LogP contribution in [0, 0.1) is 18.3 Å². The minimum Gasteiger partial charge on any atom is -0.277 e. The van der Waals surface area contributed by atoms with Gasteiger partial charge >= 0.3 is 0 Å². The SMILES string of the molecule is Cc1ccc(C(C)(C)C)cc1C(=O)C#N. The van der Waals surface area contributed by atoms with E-state index < -0.39 is 5.78 Å². The number of aryl methyl sites for hydroxylation is 1. The highest BCUT2D eigenvalue weighted by Gasteiger charge is 2.16. The summed E-state index contributed by atoms with van der Waals surface area (Å²) in [5, 5.41) is 8.61. The number of rotatable bonds is 1. The van der Waals surface area contributed by atoms with E-state index in [4.69, 9.17) is 5.26 Å². The van der Waals surface area contributed by atoms with Crippen molar-refractivity contribution < 1.29 is 4.79 Å². The van der Waals surface area contributed by atoms with Gasteiger partial charge in [0, 0.05) is 5.56 Å². The summed E-state index contributed by atoms with van der Waals surface area (Å²) in [7, 11) is 0. The number of nitrogens with zero attached hydrogens (tertiary/aromatic N) is 1. The van der Waals surface area contributed by atoms with E-state index in [0.29, 0.717) is 5.56 Å². The topological polar surface area (TPSA) is 40.9 Å². The van der Waals surface area contributed by atoms with E-state index in [2.05, 4.69) is 20.8 Å². The van der Waals surface area contributed by atoms with Crippen LogP contribution >= 0.6 is 0 Å². The fourth-order valence-electron chi connectivity index (χ4n) is 1.39. The van der Waals surface area contributed by atoms with Crippen LogP contribution in [0.1, 0.15) is 42.3 Å². The van der Waals surface area contributed by atoms with E-state index in [0.717, 1.165) is 11.1 Å². The van der Waals surface area contributed by atoms with Crippen LogP contribution in [0.5, 0.6) is 0 Å². The lowest BCUT2D eigenvalue weighted by atomic mass is 9.85. The summed E-state index contributed by atoms with van der Waals surface area (Å²) in [6.07, 6.45) is 0. The van der Waals surface area contributed by atoms with Crippen LogP contribution in [0.4, 0.5) is 0 Å². The summed E-state index contributed by atoms with van der Waals surface area (Å²) in [6, 6.07) is 7.38. The zero-order valence-corrected chi connectivity index (χ0v) is 9.59.